The van der Waals surface area contributed by atoms with E-state index in [-0.39, 0.29) is 30.0 Å². The number of hydrogen-bond donors (Lipinski definition) is 1. The molecule has 9 nitrogen and oxygen atoms in total. The first-order chi connectivity index (χ1) is 14.6. The number of hydrogen-bond acceptors (Lipinski definition) is 7. The van der Waals surface area contributed by atoms with E-state index in [0.717, 1.165) is 24.4 Å². The van der Waals surface area contributed by atoms with Crippen molar-refractivity contribution in [3.8, 4) is 11.5 Å². The average Bonchev–Trinajstić information content (AvgIpc) is 2.79. The second-order valence-electron chi connectivity index (χ2n) is 6.78. The fourth-order valence-corrected chi connectivity index (χ4v) is 3.27. The maximum Gasteiger partial charge on any atom is 0.273 e. The van der Waals surface area contributed by atoms with Crippen molar-refractivity contribution in [2.75, 3.05) is 46.6 Å². The maximum atomic E-state index is 12.3. The molecule has 160 valence electrons. The van der Waals surface area contributed by atoms with Gasteiger partial charge in [-0.15, -0.1) is 0 Å². The Labute approximate surface area is 174 Å². The van der Waals surface area contributed by atoms with Crippen LogP contribution < -0.4 is 14.8 Å². The number of nitro benzene ring substituents is 1. The summed E-state index contributed by atoms with van der Waals surface area (Å²) in [4.78, 5) is 24.9. The number of methoxy groups -OCH3 is 1. The van der Waals surface area contributed by atoms with Gasteiger partial charge in [0.15, 0.2) is 6.61 Å². The lowest BCUT2D eigenvalue weighted by Gasteiger charge is -2.35. The molecule has 3 rings (SSSR count). The summed E-state index contributed by atoms with van der Waals surface area (Å²) in [6, 6.07) is 13.5. The Hall–Kier alpha value is -3.17. The van der Waals surface area contributed by atoms with Crippen molar-refractivity contribution in [3.05, 3.63) is 64.2 Å². The van der Waals surface area contributed by atoms with Crippen LogP contribution in [0.3, 0.4) is 0 Å². The van der Waals surface area contributed by atoms with Crippen LogP contribution in [0.5, 0.6) is 11.5 Å². The second kappa shape index (κ2) is 10.6. The van der Waals surface area contributed by atoms with E-state index in [1.54, 1.807) is 13.2 Å². The van der Waals surface area contributed by atoms with Crippen molar-refractivity contribution in [2.24, 2.45) is 0 Å². The van der Waals surface area contributed by atoms with Crippen molar-refractivity contribution < 1.29 is 23.9 Å². The van der Waals surface area contributed by atoms with Crippen LogP contribution in [0, 0.1) is 10.1 Å². The topological polar surface area (TPSA) is 103 Å². The molecule has 30 heavy (non-hydrogen) atoms. The fraction of sp³-hybridized carbons (Fsp3) is 0.381. The molecule has 2 aromatic rings. The summed E-state index contributed by atoms with van der Waals surface area (Å²) in [6.45, 7) is 3.03. The molecule has 1 amide bonds. The second-order valence-corrected chi connectivity index (χ2v) is 6.78. The molecule has 0 aromatic heterocycles. The summed E-state index contributed by atoms with van der Waals surface area (Å²) in [5, 5.41) is 13.7. The first-order valence-electron chi connectivity index (χ1n) is 9.66. The summed E-state index contributed by atoms with van der Waals surface area (Å²) in [5.74, 6) is 0.751. The summed E-state index contributed by atoms with van der Waals surface area (Å²) in [7, 11) is 1.62. The predicted octanol–water partition coefficient (Wildman–Crippen LogP) is 2.17. The van der Waals surface area contributed by atoms with E-state index in [1.165, 1.54) is 18.2 Å². The van der Waals surface area contributed by atoms with Crippen LogP contribution in [-0.2, 0) is 9.53 Å². The predicted molar refractivity (Wildman–Crippen MR) is 110 cm³/mol. The van der Waals surface area contributed by atoms with Gasteiger partial charge < -0.3 is 19.5 Å². The lowest BCUT2D eigenvalue weighted by molar-refractivity contribution is -0.384. The van der Waals surface area contributed by atoms with E-state index in [4.69, 9.17) is 14.2 Å². The number of nitro groups is 1. The molecule has 1 heterocycles. The zero-order valence-corrected chi connectivity index (χ0v) is 16.8. The Morgan fingerprint density at radius 3 is 2.60 bits per heavy atom. The third-order valence-electron chi connectivity index (χ3n) is 4.88. The number of nitrogens with one attached hydrogen (secondary N) is 1. The van der Waals surface area contributed by atoms with E-state index in [0.29, 0.717) is 19.8 Å². The van der Waals surface area contributed by atoms with Crippen LogP contribution in [0.4, 0.5) is 5.69 Å². The van der Waals surface area contributed by atoms with Gasteiger partial charge in [-0.3, -0.25) is 19.8 Å². The first kappa shape index (κ1) is 21.5. The Kier molecular flexibility index (Phi) is 7.58. The first-order valence-corrected chi connectivity index (χ1v) is 9.66. The third-order valence-corrected chi connectivity index (χ3v) is 4.88. The van der Waals surface area contributed by atoms with Crippen LogP contribution in [0.1, 0.15) is 11.6 Å². The van der Waals surface area contributed by atoms with E-state index in [9.17, 15) is 14.9 Å². The molecule has 0 radical (unpaired) electrons. The van der Waals surface area contributed by atoms with Gasteiger partial charge in [0.1, 0.15) is 11.5 Å². The van der Waals surface area contributed by atoms with Crippen molar-refractivity contribution in [1.82, 2.24) is 10.2 Å². The molecule has 2 aromatic carbocycles. The maximum absolute atomic E-state index is 12.3. The van der Waals surface area contributed by atoms with Crippen molar-refractivity contribution in [1.29, 1.82) is 0 Å². The van der Waals surface area contributed by atoms with Crippen molar-refractivity contribution >= 4 is 11.6 Å². The smallest absolute Gasteiger partial charge is 0.273 e. The number of ether oxygens (including phenoxy) is 3. The highest BCUT2D eigenvalue weighted by Crippen LogP contribution is 2.24. The zero-order chi connectivity index (χ0) is 21.3. The lowest BCUT2D eigenvalue weighted by atomic mass is 10.0. The minimum Gasteiger partial charge on any atom is -0.497 e. The molecule has 9 heteroatoms. The van der Waals surface area contributed by atoms with Crippen LogP contribution in [0.25, 0.3) is 0 Å². The SMILES string of the molecule is COc1ccc(C(CNC(=O)COc2cccc([N+](=O)[O-])c2)N2CCOCC2)cc1. The Balaban J connectivity index is 1.59. The van der Waals surface area contributed by atoms with Crippen LogP contribution in [-0.4, -0.2) is 62.3 Å². The van der Waals surface area contributed by atoms with Gasteiger partial charge in [0.2, 0.25) is 0 Å². The normalized spacial score (nSPS) is 15.2. The number of nitrogens with zero attached hydrogens (tertiary/aromatic N) is 2. The molecule has 1 fully saturated rings. The highest BCUT2D eigenvalue weighted by molar-refractivity contribution is 5.77. The van der Waals surface area contributed by atoms with Gasteiger partial charge in [-0.25, -0.2) is 0 Å². The summed E-state index contributed by atoms with van der Waals surface area (Å²) >= 11 is 0. The molecule has 0 saturated carbocycles. The quantitative estimate of drug-likeness (QED) is 0.494. The minimum absolute atomic E-state index is 0.0124. The van der Waals surface area contributed by atoms with Crippen molar-refractivity contribution in [3.63, 3.8) is 0 Å². The number of non-ortho nitro benzene ring substituents is 1. The molecular formula is C21H25N3O6. The molecule has 0 aliphatic carbocycles. The molecule has 0 bridgehead atoms. The Morgan fingerprint density at radius 2 is 1.93 bits per heavy atom. The average molecular weight is 415 g/mol. The molecular weight excluding hydrogens is 390 g/mol. The highest BCUT2D eigenvalue weighted by atomic mass is 16.6. The fourth-order valence-electron chi connectivity index (χ4n) is 3.27. The summed E-state index contributed by atoms with van der Waals surface area (Å²) < 4.78 is 16.1. The number of amides is 1. The highest BCUT2D eigenvalue weighted by Gasteiger charge is 2.23. The number of morpholine rings is 1. The molecule has 1 atom stereocenters. The molecule has 1 unspecified atom stereocenters. The molecule has 0 spiro atoms. The molecule has 1 aliphatic rings. The van der Waals surface area contributed by atoms with E-state index < -0.39 is 4.92 Å². The van der Waals surface area contributed by atoms with E-state index in [2.05, 4.69) is 10.2 Å². The number of carbonyl (C=O) groups is 1. The van der Waals surface area contributed by atoms with Crippen molar-refractivity contribution in [2.45, 2.75) is 6.04 Å². The molecule has 1 aliphatic heterocycles. The monoisotopic (exact) mass is 415 g/mol. The minimum atomic E-state index is -0.505. The van der Waals surface area contributed by atoms with E-state index >= 15 is 0 Å². The van der Waals surface area contributed by atoms with Gasteiger partial charge in [-0.1, -0.05) is 18.2 Å². The largest absolute Gasteiger partial charge is 0.497 e. The van der Waals surface area contributed by atoms with Gasteiger partial charge in [-0.05, 0) is 23.8 Å². The molecule has 1 N–H and O–H groups in total. The Bertz CT molecular complexity index is 852. The van der Waals surface area contributed by atoms with Gasteiger partial charge in [-0.2, -0.15) is 0 Å². The number of benzene rings is 2. The van der Waals surface area contributed by atoms with Gasteiger partial charge in [0.05, 0.1) is 37.4 Å². The van der Waals surface area contributed by atoms with Crippen LogP contribution in [0.15, 0.2) is 48.5 Å². The van der Waals surface area contributed by atoms with Gasteiger partial charge in [0, 0.05) is 25.7 Å². The third kappa shape index (κ3) is 5.91. The number of carbonyl (C=O) groups excluding carboxylic acids is 1. The number of rotatable bonds is 9. The van der Waals surface area contributed by atoms with Gasteiger partial charge >= 0.3 is 0 Å². The molecule has 1 saturated heterocycles. The Morgan fingerprint density at radius 1 is 1.20 bits per heavy atom. The summed E-state index contributed by atoms with van der Waals surface area (Å²) in [5.41, 5.74) is 0.984. The van der Waals surface area contributed by atoms with Gasteiger partial charge in [0.25, 0.3) is 11.6 Å². The van der Waals surface area contributed by atoms with Crippen LogP contribution >= 0.6 is 0 Å². The lowest BCUT2D eigenvalue weighted by Crippen LogP contribution is -2.44. The van der Waals surface area contributed by atoms with Crippen LogP contribution in [0.2, 0.25) is 0 Å². The van der Waals surface area contributed by atoms with E-state index in [1.807, 2.05) is 24.3 Å². The standard InChI is InChI=1S/C21H25N3O6/c1-28-18-7-5-16(6-8-18)20(23-9-11-29-12-10-23)14-22-21(25)15-30-19-4-2-3-17(13-19)24(26)27/h2-8,13,20H,9-12,14-15H2,1H3,(H,22,25). The zero-order valence-electron chi connectivity index (χ0n) is 16.8. The summed E-state index contributed by atoms with van der Waals surface area (Å²) in [6.07, 6.45) is 0.